The van der Waals surface area contributed by atoms with Crippen LogP contribution in [0.5, 0.6) is 0 Å². The minimum absolute atomic E-state index is 0.00576. The molecule has 1 heterocycles. The summed E-state index contributed by atoms with van der Waals surface area (Å²) < 4.78 is 13.3. The van der Waals surface area contributed by atoms with Gasteiger partial charge in [0.1, 0.15) is 12.0 Å². The maximum Gasteiger partial charge on any atom is 0.329 e. The fraction of sp³-hybridized carbons (Fsp3) is 0.0909. The zero-order chi connectivity index (χ0) is 14.7. The lowest BCUT2D eigenvalue weighted by molar-refractivity contribution is -0.384. The molecule has 0 spiro atoms. The van der Waals surface area contributed by atoms with Gasteiger partial charge >= 0.3 is 5.69 Å². The smallest absolute Gasteiger partial charge is 0.329 e. The average molecular weight is 278 g/mol. The van der Waals surface area contributed by atoms with Crippen LogP contribution >= 0.6 is 0 Å². The number of benzene rings is 1. The van der Waals surface area contributed by atoms with Crippen molar-refractivity contribution in [1.82, 2.24) is 9.97 Å². The van der Waals surface area contributed by atoms with Crippen LogP contribution in [0.2, 0.25) is 0 Å². The molecule has 0 aliphatic carbocycles. The Labute approximate surface area is 113 Å². The highest BCUT2D eigenvalue weighted by atomic mass is 19.1. The number of anilines is 3. The molecule has 0 amide bonds. The van der Waals surface area contributed by atoms with Gasteiger partial charge in [-0.15, -0.1) is 0 Å². The molecule has 0 bridgehead atoms. The Balaban J connectivity index is 2.42. The van der Waals surface area contributed by atoms with E-state index in [1.165, 1.54) is 12.1 Å². The second-order valence-electron chi connectivity index (χ2n) is 3.97. The fourth-order valence-corrected chi connectivity index (χ4v) is 1.62. The lowest BCUT2D eigenvalue weighted by Crippen LogP contribution is -2.12. The number of aryl methyl sites for hydroxylation is 1. The lowest BCUT2D eigenvalue weighted by Gasteiger charge is -2.08. The number of nitrogens with zero attached hydrogens (tertiary/aromatic N) is 3. The van der Waals surface area contributed by atoms with Crippen LogP contribution in [0.3, 0.4) is 0 Å². The van der Waals surface area contributed by atoms with E-state index in [0.717, 1.165) is 6.20 Å². The molecule has 0 unspecified atom stereocenters. The second-order valence-corrected chi connectivity index (χ2v) is 3.97. The van der Waals surface area contributed by atoms with E-state index in [1.807, 2.05) is 0 Å². The summed E-state index contributed by atoms with van der Waals surface area (Å²) in [5, 5.41) is 13.6. The van der Waals surface area contributed by atoms with Crippen molar-refractivity contribution in [2.75, 3.05) is 10.7 Å². The van der Waals surface area contributed by atoms with E-state index in [1.54, 1.807) is 13.0 Å². The molecule has 8 nitrogen and oxygen atoms in total. The predicted molar refractivity (Wildman–Crippen MR) is 70.9 cm³/mol. The lowest BCUT2D eigenvalue weighted by atomic mass is 10.2. The van der Waals surface area contributed by atoms with Crippen molar-refractivity contribution in [2.45, 2.75) is 6.92 Å². The molecule has 4 N–H and O–H groups in total. The first kappa shape index (κ1) is 13.6. The average Bonchev–Trinajstić information content (AvgIpc) is 2.37. The van der Waals surface area contributed by atoms with E-state index in [0.29, 0.717) is 11.3 Å². The highest BCUT2D eigenvalue weighted by Gasteiger charge is 2.17. The molecule has 9 heteroatoms. The van der Waals surface area contributed by atoms with Gasteiger partial charge in [0.25, 0.3) is 0 Å². The first-order valence-corrected chi connectivity index (χ1v) is 5.52. The third kappa shape index (κ3) is 2.95. The summed E-state index contributed by atoms with van der Waals surface area (Å²) >= 11 is 0. The van der Waals surface area contributed by atoms with Crippen LogP contribution in [0.1, 0.15) is 5.56 Å². The molecule has 20 heavy (non-hydrogen) atoms. The summed E-state index contributed by atoms with van der Waals surface area (Å²) in [5.41, 5.74) is 2.85. The monoisotopic (exact) mass is 278 g/mol. The van der Waals surface area contributed by atoms with Crippen molar-refractivity contribution in [3.63, 3.8) is 0 Å². The predicted octanol–water partition coefficient (Wildman–Crippen LogP) is 1.86. The highest BCUT2D eigenvalue weighted by Crippen LogP contribution is 2.26. The standard InChI is InChI=1S/C11H11FN6O2/c1-6-2-7(12)4-8(3-6)15-10-9(18(19)20)5-14-11(16-10)17-13/h2-5H,13H2,1H3,(H2,14,15,16,17). The molecule has 0 aliphatic rings. The molecule has 1 aromatic carbocycles. The number of nitrogens with one attached hydrogen (secondary N) is 2. The molecule has 0 saturated carbocycles. The van der Waals surface area contributed by atoms with Gasteiger partial charge in [-0.3, -0.25) is 15.5 Å². The normalized spacial score (nSPS) is 10.2. The van der Waals surface area contributed by atoms with Crippen LogP contribution in [0.4, 0.5) is 27.5 Å². The molecule has 2 aromatic rings. The van der Waals surface area contributed by atoms with Crippen LogP contribution in [0, 0.1) is 22.9 Å². The largest absolute Gasteiger partial charge is 0.334 e. The number of nitro groups is 1. The van der Waals surface area contributed by atoms with Gasteiger partial charge in [0.05, 0.1) is 4.92 Å². The van der Waals surface area contributed by atoms with Crippen molar-refractivity contribution in [1.29, 1.82) is 0 Å². The summed E-state index contributed by atoms with van der Waals surface area (Å²) in [4.78, 5) is 17.8. The van der Waals surface area contributed by atoms with Gasteiger partial charge in [-0.05, 0) is 30.7 Å². The number of hydrogen-bond donors (Lipinski definition) is 3. The molecule has 0 atom stereocenters. The quantitative estimate of drug-likeness (QED) is 0.443. The molecular formula is C11H11FN6O2. The van der Waals surface area contributed by atoms with Crippen LogP contribution < -0.4 is 16.6 Å². The van der Waals surface area contributed by atoms with Gasteiger partial charge in [-0.2, -0.15) is 4.98 Å². The maximum atomic E-state index is 13.3. The van der Waals surface area contributed by atoms with Gasteiger partial charge in [0, 0.05) is 5.69 Å². The topological polar surface area (TPSA) is 119 Å². The molecule has 0 fully saturated rings. The summed E-state index contributed by atoms with van der Waals surface area (Å²) in [7, 11) is 0. The van der Waals surface area contributed by atoms with Crippen molar-refractivity contribution < 1.29 is 9.31 Å². The summed E-state index contributed by atoms with van der Waals surface area (Å²) in [6.07, 6.45) is 1.01. The number of halogens is 1. The third-order valence-electron chi connectivity index (χ3n) is 2.40. The maximum absolute atomic E-state index is 13.3. The van der Waals surface area contributed by atoms with Crippen molar-refractivity contribution >= 4 is 23.1 Å². The molecule has 1 aromatic heterocycles. The summed E-state index contributed by atoms with van der Waals surface area (Å²) in [6.45, 7) is 1.70. The Bertz CT molecular complexity index is 643. The number of hydrazine groups is 1. The Morgan fingerprint density at radius 2 is 2.15 bits per heavy atom. The zero-order valence-electron chi connectivity index (χ0n) is 10.4. The van der Waals surface area contributed by atoms with E-state index >= 15 is 0 Å². The minimum Gasteiger partial charge on any atom is -0.334 e. The molecule has 0 radical (unpaired) electrons. The number of hydrogen-bond acceptors (Lipinski definition) is 7. The van der Waals surface area contributed by atoms with Gasteiger partial charge in [-0.1, -0.05) is 0 Å². The van der Waals surface area contributed by atoms with Gasteiger partial charge in [0.2, 0.25) is 11.8 Å². The van der Waals surface area contributed by atoms with Crippen molar-refractivity contribution in [2.24, 2.45) is 5.84 Å². The number of nitrogens with two attached hydrogens (primary N) is 1. The van der Waals surface area contributed by atoms with E-state index in [9.17, 15) is 14.5 Å². The number of nitrogen functional groups attached to an aromatic ring is 1. The molecule has 104 valence electrons. The Morgan fingerprint density at radius 1 is 1.40 bits per heavy atom. The van der Waals surface area contributed by atoms with E-state index < -0.39 is 10.7 Å². The molecule has 2 rings (SSSR count). The van der Waals surface area contributed by atoms with Gasteiger partial charge < -0.3 is 5.32 Å². The van der Waals surface area contributed by atoms with E-state index in [2.05, 4.69) is 20.7 Å². The van der Waals surface area contributed by atoms with E-state index in [4.69, 9.17) is 5.84 Å². The fourth-order valence-electron chi connectivity index (χ4n) is 1.62. The third-order valence-corrected chi connectivity index (χ3v) is 2.40. The Hall–Kier alpha value is -2.81. The zero-order valence-corrected chi connectivity index (χ0v) is 10.4. The first-order chi connectivity index (χ1) is 9.49. The summed E-state index contributed by atoms with van der Waals surface area (Å²) in [5.74, 6) is 4.62. The molecule has 0 aliphatic heterocycles. The van der Waals surface area contributed by atoms with Gasteiger partial charge in [0.15, 0.2) is 0 Å². The Morgan fingerprint density at radius 3 is 2.75 bits per heavy atom. The second kappa shape index (κ2) is 5.45. The number of aromatic nitrogens is 2. The Kier molecular flexibility index (Phi) is 3.71. The molecule has 0 saturated heterocycles. The number of rotatable bonds is 4. The van der Waals surface area contributed by atoms with Gasteiger partial charge in [-0.25, -0.2) is 15.2 Å². The van der Waals surface area contributed by atoms with Crippen LogP contribution in [-0.4, -0.2) is 14.9 Å². The highest BCUT2D eigenvalue weighted by molar-refractivity contribution is 5.66. The van der Waals surface area contributed by atoms with Crippen LogP contribution in [0.25, 0.3) is 0 Å². The van der Waals surface area contributed by atoms with Crippen LogP contribution in [0.15, 0.2) is 24.4 Å². The van der Waals surface area contributed by atoms with Crippen molar-refractivity contribution in [3.8, 4) is 0 Å². The first-order valence-electron chi connectivity index (χ1n) is 5.52. The minimum atomic E-state index is -0.644. The molecular weight excluding hydrogens is 267 g/mol. The summed E-state index contributed by atoms with van der Waals surface area (Å²) in [6, 6.07) is 4.17. The van der Waals surface area contributed by atoms with E-state index in [-0.39, 0.29) is 17.5 Å². The van der Waals surface area contributed by atoms with Crippen LogP contribution in [-0.2, 0) is 0 Å². The SMILES string of the molecule is Cc1cc(F)cc(Nc2nc(NN)ncc2[N+](=O)[O-])c1. The van der Waals surface area contributed by atoms with Crippen molar-refractivity contribution in [3.05, 3.63) is 45.9 Å².